The molecule has 0 saturated heterocycles. The van der Waals surface area contributed by atoms with Gasteiger partial charge in [-0.2, -0.15) is 14.3 Å². The lowest BCUT2D eigenvalue weighted by Gasteiger charge is -2.35. The van der Waals surface area contributed by atoms with E-state index in [1.807, 2.05) is 12.3 Å². The summed E-state index contributed by atoms with van der Waals surface area (Å²) in [7, 11) is -3.50. The second-order valence-corrected chi connectivity index (χ2v) is 14.3. The Morgan fingerprint density at radius 2 is 1.95 bits per heavy atom. The van der Waals surface area contributed by atoms with Crippen LogP contribution in [0.4, 0.5) is 4.39 Å². The minimum absolute atomic E-state index is 0.230. The molecule has 3 aromatic heterocycles. The predicted octanol–water partition coefficient (Wildman–Crippen LogP) is 2.31. The van der Waals surface area contributed by atoms with E-state index in [9.17, 15) is 12.8 Å². The van der Waals surface area contributed by atoms with E-state index < -0.39 is 15.7 Å². The van der Waals surface area contributed by atoms with Gasteiger partial charge in [-0.3, -0.25) is 4.68 Å². The van der Waals surface area contributed by atoms with Crippen molar-refractivity contribution in [2.75, 3.05) is 13.2 Å². The van der Waals surface area contributed by atoms with Gasteiger partial charge in [0.1, 0.15) is 6.67 Å². The SMILES string of the molecule is NC1(c2ccnc(-c3cnn(S(=O)(=O)C4CC4)c3)n2)C=C(NC2CCC(NCCF)CC2)C(c2cc3n(n2)CCCC3)=CN1. The van der Waals surface area contributed by atoms with Crippen molar-refractivity contribution >= 4 is 15.6 Å². The zero-order valence-electron chi connectivity index (χ0n) is 24.6. The molecule has 4 aliphatic rings. The van der Waals surface area contributed by atoms with Gasteiger partial charge >= 0.3 is 0 Å². The summed E-state index contributed by atoms with van der Waals surface area (Å²) in [5.41, 5.74) is 10.8. The van der Waals surface area contributed by atoms with E-state index in [1.54, 1.807) is 12.3 Å². The Bertz CT molecular complexity index is 1660. The summed E-state index contributed by atoms with van der Waals surface area (Å²) in [5, 5.41) is 19.1. The molecule has 1 atom stereocenters. The van der Waals surface area contributed by atoms with Crippen LogP contribution in [0.3, 0.4) is 0 Å². The molecule has 234 valence electrons. The number of fused-ring (bicyclic) bond motifs is 1. The van der Waals surface area contributed by atoms with Crippen LogP contribution in [0.5, 0.6) is 0 Å². The highest BCUT2D eigenvalue weighted by Crippen LogP contribution is 2.33. The van der Waals surface area contributed by atoms with Gasteiger partial charge in [0, 0.05) is 54.5 Å². The molecule has 5 heterocycles. The Balaban J connectivity index is 1.17. The van der Waals surface area contributed by atoms with Gasteiger partial charge < -0.3 is 21.7 Å². The van der Waals surface area contributed by atoms with Gasteiger partial charge in [-0.15, -0.1) is 0 Å². The largest absolute Gasteiger partial charge is 0.382 e. The third kappa shape index (κ3) is 5.77. The van der Waals surface area contributed by atoms with Crippen molar-refractivity contribution < 1.29 is 12.8 Å². The van der Waals surface area contributed by atoms with Gasteiger partial charge in [-0.25, -0.2) is 22.8 Å². The monoisotopic (exact) mass is 622 g/mol. The topological polar surface area (TPSA) is 158 Å². The molecule has 0 bridgehead atoms. The molecular weight excluding hydrogens is 583 g/mol. The van der Waals surface area contributed by atoms with E-state index in [-0.39, 0.29) is 18.0 Å². The Hall–Kier alpha value is -3.62. The summed E-state index contributed by atoms with van der Waals surface area (Å²) in [5.74, 6) is 0.338. The number of aryl methyl sites for hydroxylation is 2. The number of rotatable bonds is 10. The van der Waals surface area contributed by atoms with Crippen LogP contribution in [0.25, 0.3) is 17.0 Å². The van der Waals surface area contributed by atoms with Crippen molar-refractivity contribution in [2.45, 2.75) is 87.3 Å². The zero-order chi connectivity index (χ0) is 30.3. The Kier molecular flexibility index (Phi) is 7.75. The maximum absolute atomic E-state index is 12.7. The van der Waals surface area contributed by atoms with Crippen molar-refractivity contribution in [3.63, 3.8) is 0 Å². The van der Waals surface area contributed by atoms with E-state index in [0.717, 1.165) is 72.5 Å². The van der Waals surface area contributed by atoms with Crippen molar-refractivity contribution in [1.29, 1.82) is 0 Å². The zero-order valence-corrected chi connectivity index (χ0v) is 25.4. The number of nitrogens with one attached hydrogen (secondary N) is 3. The van der Waals surface area contributed by atoms with E-state index in [0.29, 0.717) is 42.5 Å². The molecule has 5 N–H and O–H groups in total. The van der Waals surface area contributed by atoms with Crippen LogP contribution < -0.4 is 21.7 Å². The molecule has 0 amide bonds. The minimum Gasteiger partial charge on any atom is -0.382 e. The summed E-state index contributed by atoms with van der Waals surface area (Å²) < 4.78 is 41.1. The molecule has 2 aliphatic carbocycles. The maximum atomic E-state index is 12.7. The van der Waals surface area contributed by atoms with Crippen LogP contribution in [0.2, 0.25) is 0 Å². The highest BCUT2D eigenvalue weighted by molar-refractivity contribution is 7.90. The summed E-state index contributed by atoms with van der Waals surface area (Å²) in [6, 6.07) is 4.48. The number of hydrogen-bond acceptors (Lipinski definition) is 10. The molecule has 0 aromatic carbocycles. The molecule has 0 radical (unpaired) electrons. The molecule has 2 fully saturated rings. The first-order valence-corrected chi connectivity index (χ1v) is 17.1. The molecule has 2 saturated carbocycles. The van der Waals surface area contributed by atoms with Crippen LogP contribution in [0.1, 0.15) is 68.4 Å². The number of halogens is 1. The number of hydrogen-bond donors (Lipinski definition) is 4. The lowest BCUT2D eigenvalue weighted by Crippen LogP contribution is -2.50. The lowest BCUT2D eigenvalue weighted by atomic mass is 9.89. The van der Waals surface area contributed by atoms with Crippen LogP contribution in [0, 0.1) is 0 Å². The van der Waals surface area contributed by atoms with Gasteiger partial charge in [0.2, 0.25) is 0 Å². The van der Waals surface area contributed by atoms with Gasteiger partial charge in [-0.05, 0) is 76.0 Å². The lowest BCUT2D eigenvalue weighted by molar-refractivity contribution is 0.311. The normalized spacial score (nSPS) is 25.5. The first-order valence-electron chi connectivity index (χ1n) is 15.6. The first kappa shape index (κ1) is 29.1. The van der Waals surface area contributed by atoms with Crippen LogP contribution >= 0.6 is 0 Å². The molecule has 14 heteroatoms. The summed E-state index contributed by atoms with van der Waals surface area (Å²) in [4.78, 5) is 9.15. The fourth-order valence-corrected chi connectivity index (χ4v) is 7.85. The molecular formula is C30H39FN10O2S. The number of aromatic nitrogens is 6. The number of nitrogens with zero attached hydrogens (tertiary/aromatic N) is 6. The number of nitrogens with two attached hydrogens (primary N) is 1. The third-order valence-corrected chi connectivity index (χ3v) is 11.1. The van der Waals surface area contributed by atoms with Gasteiger partial charge in [0.25, 0.3) is 10.0 Å². The molecule has 12 nitrogen and oxygen atoms in total. The van der Waals surface area contributed by atoms with Crippen molar-refractivity contribution in [3.05, 3.63) is 65.8 Å². The summed E-state index contributed by atoms with van der Waals surface area (Å²) in [6.07, 6.45) is 16.9. The molecule has 0 spiro atoms. The molecule has 7 rings (SSSR count). The average molecular weight is 623 g/mol. The minimum atomic E-state index is -3.50. The van der Waals surface area contributed by atoms with E-state index >= 15 is 0 Å². The molecule has 2 aliphatic heterocycles. The summed E-state index contributed by atoms with van der Waals surface area (Å²) >= 11 is 0. The Morgan fingerprint density at radius 3 is 2.73 bits per heavy atom. The van der Waals surface area contributed by atoms with Gasteiger partial charge in [0.15, 0.2) is 11.5 Å². The number of dihydropyridines is 1. The highest BCUT2D eigenvalue weighted by atomic mass is 32.2. The third-order valence-electron chi connectivity index (χ3n) is 9.03. The predicted molar refractivity (Wildman–Crippen MR) is 164 cm³/mol. The van der Waals surface area contributed by atoms with E-state index in [2.05, 4.69) is 36.8 Å². The van der Waals surface area contributed by atoms with E-state index in [4.69, 9.17) is 15.8 Å². The van der Waals surface area contributed by atoms with Crippen molar-refractivity contribution in [2.24, 2.45) is 5.73 Å². The van der Waals surface area contributed by atoms with E-state index in [1.165, 1.54) is 18.1 Å². The fourth-order valence-electron chi connectivity index (χ4n) is 6.37. The molecule has 1 unspecified atom stereocenters. The van der Waals surface area contributed by atoms with Gasteiger partial charge in [-0.1, -0.05) is 0 Å². The first-order chi connectivity index (χ1) is 21.3. The standard InChI is InChI=1S/C30H39FN10O2S/c31-11-13-33-21-4-6-22(7-5-21)37-27-16-30(32,35-18-25(27)26-15-23-3-1-2-14-40(23)39-26)28-10-12-34-29(38-28)20-17-36-41(19-20)44(42,43)24-8-9-24/h10,12,15-19,21-22,24,33,35,37H,1-9,11,13-14,32H2. The smallest absolute Gasteiger partial charge is 0.256 e. The quantitative estimate of drug-likeness (QED) is 0.265. The fraction of sp³-hybridized carbons (Fsp3) is 0.533. The highest BCUT2D eigenvalue weighted by Gasteiger charge is 2.38. The maximum Gasteiger partial charge on any atom is 0.256 e. The molecule has 44 heavy (non-hydrogen) atoms. The molecule has 3 aromatic rings. The second-order valence-electron chi connectivity index (χ2n) is 12.3. The van der Waals surface area contributed by atoms with Crippen LogP contribution in [0.15, 0.2) is 48.7 Å². The van der Waals surface area contributed by atoms with Crippen molar-refractivity contribution in [1.82, 2.24) is 44.9 Å². The van der Waals surface area contributed by atoms with Crippen LogP contribution in [-0.2, 0) is 28.7 Å². The Morgan fingerprint density at radius 1 is 1.14 bits per heavy atom. The average Bonchev–Trinajstić information content (AvgIpc) is 3.63. The van der Waals surface area contributed by atoms with Crippen LogP contribution in [-0.4, -0.2) is 67.9 Å². The number of alkyl halides is 1. The Labute approximate surface area is 256 Å². The van der Waals surface area contributed by atoms with Gasteiger partial charge in [0.05, 0.1) is 34.6 Å². The van der Waals surface area contributed by atoms with Crippen molar-refractivity contribution in [3.8, 4) is 11.4 Å². The second kappa shape index (κ2) is 11.7. The summed E-state index contributed by atoms with van der Waals surface area (Å²) in [6.45, 7) is 0.957. The number of allylic oxidation sites excluding steroid dienone is 1.